The number of aromatic nitrogens is 3. The number of anilines is 1. The number of nitrogens with zero attached hydrogens (tertiary/aromatic N) is 3. The third-order valence-corrected chi connectivity index (χ3v) is 3.50. The normalized spacial score (nSPS) is 10.8. The summed E-state index contributed by atoms with van der Waals surface area (Å²) in [5.41, 5.74) is 9.64. The Kier molecular flexibility index (Phi) is 6.06. The summed E-state index contributed by atoms with van der Waals surface area (Å²) in [6, 6.07) is 3.89. The number of aryl methyl sites for hydroxylation is 3. The third kappa shape index (κ3) is 4.66. The van der Waals surface area contributed by atoms with Crippen molar-refractivity contribution in [2.75, 3.05) is 5.73 Å². The maximum atomic E-state index is 12.4. The standard InChI is InChI=1S/C19H23N5O2/c1-6-7-26-14(5)16-13(4)23-17(18(20)24-16)19(25)21-10-15-9-11(2)8-12(3)22-15/h6-9H,5,10H2,1-4H3,(H2,20,24)(H,21,25)/b7-6-. The van der Waals surface area contributed by atoms with E-state index in [4.69, 9.17) is 10.5 Å². The van der Waals surface area contributed by atoms with Gasteiger partial charge in [-0.1, -0.05) is 12.7 Å². The molecule has 0 aliphatic heterocycles. The van der Waals surface area contributed by atoms with Gasteiger partial charge in [0.15, 0.2) is 11.5 Å². The van der Waals surface area contributed by atoms with Crippen molar-refractivity contribution in [1.29, 1.82) is 0 Å². The van der Waals surface area contributed by atoms with Crippen LogP contribution in [0.15, 0.2) is 31.0 Å². The molecule has 1 amide bonds. The van der Waals surface area contributed by atoms with Crippen LogP contribution >= 0.6 is 0 Å². The first kappa shape index (κ1) is 19.1. The predicted molar refractivity (Wildman–Crippen MR) is 101 cm³/mol. The van der Waals surface area contributed by atoms with Crippen molar-refractivity contribution in [1.82, 2.24) is 20.3 Å². The maximum Gasteiger partial charge on any atom is 0.274 e. The molecule has 0 fully saturated rings. The van der Waals surface area contributed by atoms with E-state index in [1.54, 1.807) is 13.0 Å². The molecule has 0 aliphatic carbocycles. The number of hydrogen-bond donors (Lipinski definition) is 2. The van der Waals surface area contributed by atoms with E-state index in [1.807, 2.05) is 32.9 Å². The molecule has 0 saturated carbocycles. The van der Waals surface area contributed by atoms with Crippen molar-refractivity contribution in [2.45, 2.75) is 34.2 Å². The molecule has 0 saturated heterocycles. The van der Waals surface area contributed by atoms with Gasteiger partial charge in [-0.3, -0.25) is 9.78 Å². The number of allylic oxidation sites excluding steroid dienone is 1. The first-order valence-corrected chi connectivity index (χ1v) is 8.15. The van der Waals surface area contributed by atoms with Crippen LogP contribution in [-0.2, 0) is 11.3 Å². The summed E-state index contributed by atoms with van der Waals surface area (Å²) in [5, 5.41) is 2.77. The van der Waals surface area contributed by atoms with Crippen molar-refractivity contribution in [3.63, 3.8) is 0 Å². The van der Waals surface area contributed by atoms with Crippen LogP contribution in [0.25, 0.3) is 5.76 Å². The Morgan fingerprint density at radius 2 is 1.96 bits per heavy atom. The number of ether oxygens (including phenoxy) is 1. The van der Waals surface area contributed by atoms with E-state index >= 15 is 0 Å². The second kappa shape index (κ2) is 8.24. The molecule has 0 spiro atoms. The Bertz CT molecular complexity index is 854. The van der Waals surface area contributed by atoms with E-state index in [-0.39, 0.29) is 18.1 Å². The minimum Gasteiger partial charge on any atom is -0.464 e. The number of rotatable bonds is 6. The molecule has 2 rings (SSSR count). The highest BCUT2D eigenvalue weighted by atomic mass is 16.5. The Hall–Kier alpha value is -3.22. The summed E-state index contributed by atoms with van der Waals surface area (Å²) in [7, 11) is 0. The fourth-order valence-electron chi connectivity index (χ4n) is 2.44. The number of carbonyl (C=O) groups is 1. The van der Waals surface area contributed by atoms with Gasteiger partial charge in [0, 0.05) is 5.69 Å². The van der Waals surface area contributed by atoms with E-state index in [2.05, 4.69) is 26.8 Å². The van der Waals surface area contributed by atoms with Crippen LogP contribution in [0.3, 0.4) is 0 Å². The van der Waals surface area contributed by atoms with Gasteiger partial charge in [-0.05, 0) is 45.4 Å². The molecule has 0 radical (unpaired) electrons. The molecular weight excluding hydrogens is 330 g/mol. The van der Waals surface area contributed by atoms with Gasteiger partial charge < -0.3 is 15.8 Å². The number of pyridine rings is 1. The Balaban J connectivity index is 2.16. The lowest BCUT2D eigenvalue weighted by atomic mass is 10.2. The van der Waals surface area contributed by atoms with Gasteiger partial charge in [0.05, 0.1) is 24.2 Å². The Labute approximate surface area is 153 Å². The topological polar surface area (TPSA) is 103 Å². The summed E-state index contributed by atoms with van der Waals surface area (Å²) in [6.45, 7) is 11.5. The highest BCUT2D eigenvalue weighted by Crippen LogP contribution is 2.18. The Morgan fingerprint density at radius 3 is 2.62 bits per heavy atom. The summed E-state index contributed by atoms with van der Waals surface area (Å²) >= 11 is 0. The van der Waals surface area contributed by atoms with Gasteiger partial charge in [0.25, 0.3) is 5.91 Å². The third-order valence-electron chi connectivity index (χ3n) is 3.50. The quantitative estimate of drug-likeness (QED) is 0.774. The van der Waals surface area contributed by atoms with Crippen molar-refractivity contribution >= 4 is 17.5 Å². The molecule has 2 aromatic rings. The zero-order valence-corrected chi connectivity index (χ0v) is 15.5. The second-order valence-electron chi connectivity index (χ2n) is 5.86. The van der Waals surface area contributed by atoms with Gasteiger partial charge in [-0.25, -0.2) is 9.97 Å². The number of amides is 1. The second-order valence-corrected chi connectivity index (χ2v) is 5.86. The molecule has 7 nitrogen and oxygen atoms in total. The van der Waals surface area contributed by atoms with Crippen molar-refractivity contribution in [2.24, 2.45) is 0 Å². The molecule has 7 heteroatoms. The highest BCUT2D eigenvalue weighted by Gasteiger charge is 2.17. The van der Waals surface area contributed by atoms with Crippen LogP contribution < -0.4 is 11.1 Å². The molecule has 2 heterocycles. The average Bonchev–Trinajstić information content (AvgIpc) is 2.58. The monoisotopic (exact) mass is 353 g/mol. The highest BCUT2D eigenvalue weighted by molar-refractivity contribution is 5.96. The molecule has 0 bridgehead atoms. The van der Waals surface area contributed by atoms with Gasteiger partial charge in [0.1, 0.15) is 11.5 Å². The number of carbonyl (C=O) groups excluding carboxylic acids is 1. The largest absolute Gasteiger partial charge is 0.464 e. The molecule has 0 aliphatic rings. The van der Waals surface area contributed by atoms with E-state index < -0.39 is 5.91 Å². The number of nitrogens with one attached hydrogen (secondary N) is 1. The number of nitrogen functional groups attached to an aromatic ring is 1. The Morgan fingerprint density at radius 1 is 1.23 bits per heavy atom. The molecule has 2 aromatic heterocycles. The minimum atomic E-state index is -0.411. The van der Waals surface area contributed by atoms with Crippen LogP contribution in [0.2, 0.25) is 0 Å². The molecule has 136 valence electrons. The van der Waals surface area contributed by atoms with Crippen molar-refractivity contribution in [3.05, 3.63) is 65.1 Å². The minimum absolute atomic E-state index is 0.0155. The van der Waals surface area contributed by atoms with Crippen molar-refractivity contribution < 1.29 is 9.53 Å². The van der Waals surface area contributed by atoms with Crippen LogP contribution in [0, 0.1) is 20.8 Å². The first-order chi connectivity index (χ1) is 12.3. The first-order valence-electron chi connectivity index (χ1n) is 8.15. The molecule has 0 aromatic carbocycles. The van der Waals surface area contributed by atoms with Crippen LogP contribution in [0.4, 0.5) is 5.82 Å². The van der Waals surface area contributed by atoms with E-state index in [0.29, 0.717) is 17.1 Å². The summed E-state index contributed by atoms with van der Waals surface area (Å²) in [6.07, 6.45) is 3.21. The number of nitrogens with two attached hydrogens (primary N) is 1. The van der Waals surface area contributed by atoms with E-state index in [0.717, 1.165) is 17.0 Å². The fraction of sp³-hybridized carbons (Fsp3) is 0.263. The predicted octanol–water partition coefficient (Wildman–Crippen LogP) is 2.83. The fourth-order valence-corrected chi connectivity index (χ4v) is 2.44. The van der Waals surface area contributed by atoms with Crippen LogP contribution in [0.1, 0.15) is 45.8 Å². The summed E-state index contributed by atoms with van der Waals surface area (Å²) in [5.74, 6) is -0.0847. The zero-order valence-electron chi connectivity index (χ0n) is 15.5. The summed E-state index contributed by atoms with van der Waals surface area (Å²) in [4.78, 5) is 25.3. The molecular formula is C19H23N5O2. The maximum absolute atomic E-state index is 12.4. The van der Waals surface area contributed by atoms with Crippen molar-refractivity contribution in [3.8, 4) is 0 Å². The van der Waals surface area contributed by atoms with Gasteiger partial charge in [-0.2, -0.15) is 0 Å². The van der Waals surface area contributed by atoms with E-state index in [9.17, 15) is 4.79 Å². The van der Waals surface area contributed by atoms with Gasteiger partial charge >= 0.3 is 0 Å². The molecule has 26 heavy (non-hydrogen) atoms. The molecule has 3 N–H and O–H groups in total. The SMILES string of the molecule is C=C(O/C=C\C)c1nc(N)c(C(=O)NCc2cc(C)cc(C)n2)nc1C. The lowest BCUT2D eigenvalue weighted by molar-refractivity contribution is 0.0945. The lowest BCUT2D eigenvalue weighted by Crippen LogP contribution is -2.26. The van der Waals surface area contributed by atoms with Crippen LogP contribution in [0.5, 0.6) is 0 Å². The smallest absolute Gasteiger partial charge is 0.274 e. The molecule has 0 atom stereocenters. The lowest BCUT2D eigenvalue weighted by Gasteiger charge is -2.11. The van der Waals surface area contributed by atoms with Crippen LogP contribution in [-0.4, -0.2) is 20.9 Å². The zero-order chi connectivity index (χ0) is 19.3. The van der Waals surface area contributed by atoms with E-state index in [1.165, 1.54) is 6.26 Å². The summed E-state index contributed by atoms with van der Waals surface area (Å²) < 4.78 is 5.30. The molecule has 0 unspecified atom stereocenters. The number of hydrogen-bond acceptors (Lipinski definition) is 6. The van der Waals surface area contributed by atoms with Gasteiger partial charge in [-0.15, -0.1) is 0 Å². The van der Waals surface area contributed by atoms with Gasteiger partial charge in [0.2, 0.25) is 0 Å². The average molecular weight is 353 g/mol.